The van der Waals surface area contributed by atoms with E-state index in [0.29, 0.717) is 0 Å². The van der Waals surface area contributed by atoms with E-state index in [-0.39, 0.29) is 0 Å². The molecule has 3 heteroatoms. The van der Waals surface area contributed by atoms with Gasteiger partial charge in [0.05, 0.1) is 7.11 Å². The number of nitrogens with one attached hydrogen (secondary N) is 1. The molecule has 84 valence electrons. The van der Waals surface area contributed by atoms with E-state index >= 15 is 0 Å². The Labute approximate surface area is 91.4 Å². The number of benzene rings is 1. The summed E-state index contributed by atoms with van der Waals surface area (Å²) in [6.45, 7) is 1.80. The number of ether oxygens (including phenoxy) is 2. The van der Waals surface area contributed by atoms with E-state index in [9.17, 15) is 0 Å². The van der Waals surface area contributed by atoms with Gasteiger partial charge >= 0.3 is 0 Å². The molecule has 1 aromatic carbocycles. The first kappa shape index (κ1) is 11.9. The zero-order valence-electron chi connectivity index (χ0n) is 9.45. The fourth-order valence-electron chi connectivity index (χ4n) is 1.34. The molecular formula is C12H19NO2. The molecule has 0 heterocycles. The summed E-state index contributed by atoms with van der Waals surface area (Å²) in [6.07, 6.45) is 2.21. The van der Waals surface area contributed by atoms with Gasteiger partial charge in [0.2, 0.25) is 0 Å². The molecule has 0 amide bonds. The summed E-state index contributed by atoms with van der Waals surface area (Å²) in [5.74, 6) is 0.886. The van der Waals surface area contributed by atoms with Crippen LogP contribution in [0.5, 0.6) is 5.75 Å². The van der Waals surface area contributed by atoms with Crippen LogP contribution in [0.2, 0.25) is 0 Å². The predicted molar refractivity (Wildman–Crippen MR) is 62.6 cm³/mol. The zero-order valence-corrected chi connectivity index (χ0v) is 9.45. The maximum atomic E-state index is 5.14. The summed E-state index contributed by atoms with van der Waals surface area (Å²) >= 11 is 0. The van der Waals surface area contributed by atoms with Gasteiger partial charge in [-0.05, 0) is 25.0 Å². The van der Waals surface area contributed by atoms with Crippen molar-refractivity contribution in [2.75, 3.05) is 32.7 Å². The molecule has 0 aromatic heterocycles. The molecule has 1 rings (SSSR count). The Morgan fingerprint density at radius 2 is 2.07 bits per heavy atom. The van der Waals surface area contributed by atoms with Gasteiger partial charge in [-0.3, -0.25) is 0 Å². The fraction of sp³-hybridized carbons (Fsp3) is 0.500. The predicted octanol–water partition coefficient (Wildman–Crippen LogP) is 2.53. The van der Waals surface area contributed by atoms with E-state index in [2.05, 4.69) is 5.32 Å². The molecule has 1 N–H and O–H groups in total. The Kier molecular flexibility index (Phi) is 5.63. The standard InChI is InChI=1S/C12H19NO2/c1-14-9-4-3-8-13-11-6-5-7-12(10-11)15-2/h5-7,10,13H,3-4,8-9H2,1-2H3. The average molecular weight is 209 g/mol. The molecule has 0 fully saturated rings. The SMILES string of the molecule is COCCCCNc1cccc(OC)c1. The van der Waals surface area contributed by atoms with E-state index in [1.807, 2.05) is 24.3 Å². The number of anilines is 1. The van der Waals surface area contributed by atoms with Crippen LogP contribution < -0.4 is 10.1 Å². The molecule has 0 saturated heterocycles. The molecule has 0 aliphatic carbocycles. The lowest BCUT2D eigenvalue weighted by atomic mass is 10.2. The van der Waals surface area contributed by atoms with Gasteiger partial charge in [0.25, 0.3) is 0 Å². The van der Waals surface area contributed by atoms with Crippen molar-refractivity contribution in [1.82, 2.24) is 0 Å². The normalized spacial score (nSPS) is 10.0. The van der Waals surface area contributed by atoms with Crippen LogP contribution in [-0.2, 0) is 4.74 Å². The zero-order chi connectivity index (χ0) is 10.9. The van der Waals surface area contributed by atoms with Gasteiger partial charge in [-0.2, -0.15) is 0 Å². The highest BCUT2D eigenvalue weighted by Gasteiger charge is 1.94. The van der Waals surface area contributed by atoms with E-state index in [0.717, 1.165) is 37.4 Å². The van der Waals surface area contributed by atoms with Gasteiger partial charge in [0, 0.05) is 32.0 Å². The second-order valence-electron chi connectivity index (χ2n) is 3.36. The van der Waals surface area contributed by atoms with E-state index in [1.165, 1.54) is 0 Å². The Hall–Kier alpha value is -1.22. The molecule has 3 nitrogen and oxygen atoms in total. The lowest BCUT2D eigenvalue weighted by molar-refractivity contribution is 0.194. The summed E-state index contributed by atoms with van der Waals surface area (Å²) in [7, 11) is 3.41. The monoisotopic (exact) mass is 209 g/mol. The van der Waals surface area contributed by atoms with Crippen molar-refractivity contribution >= 4 is 5.69 Å². The quantitative estimate of drug-likeness (QED) is 0.700. The van der Waals surface area contributed by atoms with Crippen LogP contribution in [0.1, 0.15) is 12.8 Å². The number of rotatable bonds is 7. The minimum absolute atomic E-state index is 0.833. The van der Waals surface area contributed by atoms with E-state index in [4.69, 9.17) is 9.47 Å². The van der Waals surface area contributed by atoms with Crippen molar-refractivity contribution in [3.05, 3.63) is 24.3 Å². The van der Waals surface area contributed by atoms with E-state index in [1.54, 1.807) is 14.2 Å². The molecule has 0 bridgehead atoms. The third-order valence-corrected chi connectivity index (χ3v) is 2.17. The van der Waals surface area contributed by atoms with Gasteiger partial charge in [-0.1, -0.05) is 6.07 Å². The largest absolute Gasteiger partial charge is 0.497 e. The molecule has 0 unspecified atom stereocenters. The summed E-state index contributed by atoms with van der Waals surface area (Å²) in [6, 6.07) is 7.96. The second kappa shape index (κ2) is 7.12. The molecule has 1 aromatic rings. The topological polar surface area (TPSA) is 30.5 Å². The Morgan fingerprint density at radius 1 is 1.20 bits per heavy atom. The molecule has 15 heavy (non-hydrogen) atoms. The maximum absolute atomic E-state index is 5.14. The lowest BCUT2D eigenvalue weighted by Gasteiger charge is -2.07. The van der Waals surface area contributed by atoms with Gasteiger partial charge in [-0.25, -0.2) is 0 Å². The molecule has 0 aliphatic rings. The molecule has 0 atom stereocenters. The smallest absolute Gasteiger partial charge is 0.120 e. The maximum Gasteiger partial charge on any atom is 0.120 e. The minimum Gasteiger partial charge on any atom is -0.497 e. The number of hydrogen-bond donors (Lipinski definition) is 1. The van der Waals surface area contributed by atoms with Crippen molar-refractivity contribution in [2.45, 2.75) is 12.8 Å². The first-order valence-electron chi connectivity index (χ1n) is 5.23. The van der Waals surface area contributed by atoms with Gasteiger partial charge in [-0.15, -0.1) is 0 Å². The Bertz CT molecular complexity index is 276. The van der Waals surface area contributed by atoms with Gasteiger partial charge in [0.15, 0.2) is 0 Å². The fourth-order valence-corrected chi connectivity index (χ4v) is 1.34. The average Bonchev–Trinajstić information content (AvgIpc) is 2.29. The van der Waals surface area contributed by atoms with Crippen molar-refractivity contribution in [2.24, 2.45) is 0 Å². The highest BCUT2D eigenvalue weighted by Crippen LogP contribution is 2.16. The van der Waals surface area contributed by atoms with Gasteiger partial charge < -0.3 is 14.8 Å². The number of unbranched alkanes of at least 4 members (excludes halogenated alkanes) is 1. The number of hydrogen-bond acceptors (Lipinski definition) is 3. The summed E-state index contributed by atoms with van der Waals surface area (Å²) < 4.78 is 10.1. The summed E-state index contributed by atoms with van der Waals surface area (Å²) in [4.78, 5) is 0. The van der Waals surface area contributed by atoms with Crippen LogP contribution in [-0.4, -0.2) is 27.4 Å². The summed E-state index contributed by atoms with van der Waals surface area (Å²) in [5.41, 5.74) is 1.10. The second-order valence-corrected chi connectivity index (χ2v) is 3.36. The molecule has 0 radical (unpaired) electrons. The van der Waals surface area contributed by atoms with Crippen molar-refractivity contribution in [3.63, 3.8) is 0 Å². The molecular weight excluding hydrogens is 190 g/mol. The molecule has 0 aliphatic heterocycles. The van der Waals surface area contributed by atoms with Crippen LogP contribution in [0, 0.1) is 0 Å². The van der Waals surface area contributed by atoms with Gasteiger partial charge in [0.1, 0.15) is 5.75 Å². The first-order valence-corrected chi connectivity index (χ1v) is 5.23. The van der Waals surface area contributed by atoms with Crippen LogP contribution >= 0.6 is 0 Å². The van der Waals surface area contributed by atoms with Crippen molar-refractivity contribution in [3.8, 4) is 5.75 Å². The van der Waals surface area contributed by atoms with Crippen molar-refractivity contribution in [1.29, 1.82) is 0 Å². The molecule has 0 spiro atoms. The Morgan fingerprint density at radius 3 is 2.80 bits per heavy atom. The van der Waals surface area contributed by atoms with Crippen molar-refractivity contribution < 1.29 is 9.47 Å². The summed E-state index contributed by atoms with van der Waals surface area (Å²) in [5, 5.41) is 3.34. The highest BCUT2D eigenvalue weighted by atomic mass is 16.5. The van der Waals surface area contributed by atoms with Crippen LogP contribution in [0.25, 0.3) is 0 Å². The lowest BCUT2D eigenvalue weighted by Crippen LogP contribution is -2.02. The molecule has 0 saturated carbocycles. The minimum atomic E-state index is 0.833. The Balaban J connectivity index is 2.24. The number of methoxy groups -OCH3 is 2. The first-order chi connectivity index (χ1) is 7.36. The third-order valence-electron chi connectivity index (χ3n) is 2.17. The third kappa shape index (κ3) is 4.70. The van der Waals surface area contributed by atoms with E-state index < -0.39 is 0 Å². The van der Waals surface area contributed by atoms with Crippen LogP contribution in [0.15, 0.2) is 24.3 Å². The van der Waals surface area contributed by atoms with Crippen LogP contribution in [0.4, 0.5) is 5.69 Å². The highest BCUT2D eigenvalue weighted by molar-refractivity contribution is 5.47. The van der Waals surface area contributed by atoms with Crippen LogP contribution in [0.3, 0.4) is 0 Å².